The average Bonchev–Trinajstić information content (AvgIpc) is 2.84. The summed E-state index contributed by atoms with van der Waals surface area (Å²) in [6.07, 6.45) is 0.439. The van der Waals surface area contributed by atoms with Crippen molar-refractivity contribution in [2.45, 2.75) is 51.6 Å². The number of rotatable bonds is 11. The number of nitrogens with one attached hydrogen (secondary N) is 1. The minimum atomic E-state index is -0.630. The first-order valence-corrected chi connectivity index (χ1v) is 13.8. The van der Waals surface area contributed by atoms with Crippen LogP contribution in [0.3, 0.4) is 0 Å². The van der Waals surface area contributed by atoms with E-state index < -0.39 is 6.04 Å². The topological polar surface area (TPSA) is 49.4 Å². The number of benzene rings is 3. The lowest BCUT2D eigenvalue weighted by atomic mass is 10.0. The molecule has 0 bridgehead atoms. The number of nitrogens with zero attached hydrogens (tertiary/aromatic N) is 1. The third-order valence-electron chi connectivity index (χ3n) is 5.65. The average molecular weight is 544 g/mol. The highest BCUT2D eigenvalue weighted by molar-refractivity contribution is 7.99. The summed E-state index contributed by atoms with van der Waals surface area (Å²) in [7, 11) is 0. The van der Waals surface area contributed by atoms with E-state index in [1.165, 1.54) is 11.8 Å². The molecule has 4 nitrogen and oxygen atoms in total. The Morgan fingerprint density at radius 1 is 0.889 bits per heavy atom. The van der Waals surface area contributed by atoms with E-state index in [2.05, 4.69) is 5.32 Å². The zero-order valence-electron chi connectivity index (χ0n) is 20.8. The highest BCUT2D eigenvalue weighted by Gasteiger charge is 2.30. The second-order valence-corrected chi connectivity index (χ2v) is 10.9. The summed E-state index contributed by atoms with van der Waals surface area (Å²) in [5.74, 6) is 0.624. The fourth-order valence-electron chi connectivity index (χ4n) is 3.79. The fraction of sp³-hybridized carbons (Fsp3) is 0.310. The molecule has 0 aromatic heterocycles. The van der Waals surface area contributed by atoms with Crippen LogP contribution in [0.2, 0.25) is 10.0 Å². The summed E-state index contributed by atoms with van der Waals surface area (Å²) in [5.41, 5.74) is 4.13. The Morgan fingerprint density at radius 3 is 2.19 bits per heavy atom. The second-order valence-electron chi connectivity index (χ2n) is 9.12. The van der Waals surface area contributed by atoms with Gasteiger partial charge in [0.1, 0.15) is 6.04 Å². The van der Waals surface area contributed by atoms with Gasteiger partial charge in [-0.2, -0.15) is 0 Å². The standard InChI is InChI=1S/C29H32Cl2N2O2S/c1-20(2)32-29(35)27(16-22-7-5-4-6-8-22)33(17-23-11-9-21(3)10-12-23)28(34)19-36-18-24-13-14-25(30)26(31)15-24/h4-15,20,27H,16-19H2,1-3H3,(H,32,35)/t27-/m0/s1. The fourth-order valence-corrected chi connectivity index (χ4v) is 4.97. The molecule has 1 atom stereocenters. The molecule has 7 heteroatoms. The maximum atomic E-state index is 13.6. The van der Waals surface area contributed by atoms with Crippen LogP contribution in [0.4, 0.5) is 0 Å². The molecule has 0 spiro atoms. The Hall–Kier alpha value is -2.47. The van der Waals surface area contributed by atoms with Gasteiger partial charge in [-0.1, -0.05) is 89.4 Å². The van der Waals surface area contributed by atoms with Crippen molar-refractivity contribution < 1.29 is 9.59 Å². The van der Waals surface area contributed by atoms with Crippen LogP contribution in [0.15, 0.2) is 72.8 Å². The molecule has 3 rings (SSSR count). The van der Waals surface area contributed by atoms with Crippen LogP contribution in [0.25, 0.3) is 0 Å². The molecule has 0 unspecified atom stereocenters. The van der Waals surface area contributed by atoms with Gasteiger partial charge in [-0.05, 0) is 49.6 Å². The highest BCUT2D eigenvalue weighted by atomic mass is 35.5. The van der Waals surface area contributed by atoms with Gasteiger partial charge in [-0.25, -0.2) is 0 Å². The number of aryl methyl sites for hydroxylation is 1. The van der Waals surface area contributed by atoms with Crippen LogP contribution in [0, 0.1) is 6.92 Å². The molecule has 2 amide bonds. The molecule has 0 saturated carbocycles. The summed E-state index contributed by atoms with van der Waals surface area (Å²) in [6.45, 7) is 6.24. The number of carbonyl (C=O) groups excluding carboxylic acids is 2. The van der Waals surface area contributed by atoms with E-state index in [4.69, 9.17) is 23.2 Å². The van der Waals surface area contributed by atoms with Gasteiger partial charge in [-0.3, -0.25) is 9.59 Å². The minimum Gasteiger partial charge on any atom is -0.352 e. The van der Waals surface area contributed by atoms with Crippen LogP contribution in [0.5, 0.6) is 0 Å². The first kappa shape index (κ1) is 28.1. The zero-order chi connectivity index (χ0) is 26.1. The van der Waals surface area contributed by atoms with Gasteiger partial charge in [-0.15, -0.1) is 11.8 Å². The third kappa shape index (κ3) is 8.58. The van der Waals surface area contributed by atoms with Crippen LogP contribution < -0.4 is 5.32 Å². The maximum Gasteiger partial charge on any atom is 0.243 e. The predicted molar refractivity (Wildman–Crippen MR) is 152 cm³/mol. The molecule has 0 radical (unpaired) electrons. The zero-order valence-corrected chi connectivity index (χ0v) is 23.2. The lowest BCUT2D eigenvalue weighted by Gasteiger charge is -2.32. The van der Waals surface area contributed by atoms with E-state index in [9.17, 15) is 9.59 Å². The number of halogens is 2. The van der Waals surface area contributed by atoms with E-state index in [0.717, 1.165) is 22.3 Å². The summed E-state index contributed by atoms with van der Waals surface area (Å²) in [6, 6.07) is 22.7. The summed E-state index contributed by atoms with van der Waals surface area (Å²) in [4.78, 5) is 28.7. The van der Waals surface area contributed by atoms with E-state index in [-0.39, 0.29) is 23.6 Å². The molecular formula is C29H32Cl2N2O2S. The summed E-state index contributed by atoms with van der Waals surface area (Å²) < 4.78 is 0. The van der Waals surface area contributed by atoms with Gasteiger partial charge in [0.2, 0.25) is 11.8 Å². The highest BCUT2D eigenvalue weighted by Crippen LogP contribution is 2.25. The first-order valence-electron chi connectivity index (χ1n) is 11.9. The first-order chi connectivity index (χ1) is 17.2. The van der Waals surface area contributed by atoms with Crippen LogP contribution in [-0.2, 0) is 28.3 Å². The molecule has 0 fully saturated rings. The van der Waals surface area contributed by atoms with E-state index in [1.54, 1.807) is 11.0 Å². The smallest absolute Gasteiger partial charge is 0.243 e. The van der Waals surface area contributed by atoms with Crippen LogP contribution >= 0.6 is 35.0 Å². The summed E-state index contributed by atoms with van der Waals surface area (Å²) in [5, 5.41) is 4.02. The van der Waals surface area contributed by atoms with Crippen molar-refractivity contribution in [3.63, 3.8) is 0 Å². The van der Waals surface area contributed by atoms with E-state index in [1.807, 2.05) is 87.5 Å². The minimum absolute atomic E-state index is 0.0314. The Kier molecular flexibility index (Phi) is 10.7. The molecule has 36 heavy (non-hydrogen) atoms. The molecule has 0 aliphatic heterocycles. The van der Waals surface area contributed by atoms with Crippen molar-refractivity contribution in [3.05, 3.63) is 105 Å². The van der Waals surface area contributed by atoms with Crippen LogP contribution in [-0.4, -0.2) is 34.6 Å². The molecule has 0 heterocycles. The molecule has 0 saturated heterocycles. The summed E-state index contributed by atoms with van der Waals surface area (Å²) >= 11 is 13.7. The number of amides is 2. The molecule has 3 aromatic rings. The van der Waals surface area contributed by atoms with Gasteiger partial charge in [0.05, 0.1) is 15.8 Å². The van der Waals surface area contributed by atoms with Crippen molar-refractivity contribution in [1.82, 2.24) is 10.2 Å². The number of thioether (sulfide) groups is 1. The molecular weight excluding hydrogens is 511 g/mol. The van der Waals surface area contributed by atoms with Gasteiger partial charge in [0.25, 0.3) is 0 Å². The molecule has 0 aliphatic rings. The maximum absolute atomic E-state index is 13.6. The lowest BCUT2D eigenvalue weighted by Crippen LogP contribution is -2.52. The third-order valence-corrected chi connectivity index (χ3v) is 7.38. The van der Waals surface area contributed by atoms with Gasteiger partial charge in [0.15, 0.2) is 0 Å². The van der Waals surface area contributed by atoms with Gasteiger partial charge < -0.3 is 10.2 Å². The Balaban J connectivity index is 1.83. The number of carbonyl (C=O) groups is 2. The SMILES string of the molecule is Cc1ccc(CN(C(=O)CSCc2ccc(Cl)c(Cl)c2)[C@@H](Cc2ccccc2)C(=O)NC(C)C)cc1. The van der Waals surface area contributed by atoms with Crippen LogP contribution in [0.1, 0.15) is 36.1 Å². The van der Waals surface area contributed by atoms with Crippen molar-refractivity contribution in [1.29, 1.82) is 0 Å². The van der Waals surface area contributed by atoms with Gasteiger partial charge >= 0.3 is 0 Å². The molecule has 1 N–H and O–H groups in total. The lowest BCUT2D eigenvalue weighted by molar-refractivity contribution is -0.139. The molecule has 190 valence electrons. The Morgan fingerprint density at radius 2 is 1.56 bits per heavy atom. The molecule has 0 aliphatic carbocycles. The second kappa shape index (κ2) is 13.7. The quantitative estimate of drug-likeness (QED) is 0.293. The van der Waals surface area contributed by atoms with Crippen molar-refractivity contribution in [2.24, 2.45) is 0 Å². The predicted octanol–water partition coefficient (Wildman–Crippen LogP) is 6.70. The number of hydrogen-bond acceptors (Lipinski definition) is 3. The van der Waals surface area contributed by atoms with Crippen molar-refractivity contribution >= 4 is 46.8 Å². The largest absolute Gasteiger partial charge is 0.352 e. The normalized spacial score (nSPS) is 11.8. The van der Waals surface area contributed by atoms with E-state index in [0.29, 0.717) is 28.8 Å². The monoisotopic (exact) mass is 542 g/mol. The van der Waals surface area contributed by atoms with Gasteiger partial charge in [0, 0.05) is 24.8 Å². The Bertz CT molecular complexity index is 1150. The Labute approximate surface area is 228 Å². The molecule has 3 aromatic carbocycles. The van der Waals surface area contributed by atoms with Crippen molar-refractivity contribution in [2.75, 3.05) is 5.75 Å². The number of hydrogen-bond donors (Lipinski definition) is 1. The van der Waals surface area contributed by atoms with Crippen molar-refractivity contribution in [3.8, 4) is 0 Å². The van der Waals surface area contributed by atoms with E-state index >= 15 is 0 Å².